The maximum absolute atomic E-state index is 11.7. The van der Waals surface area contributed by atoms with E-state index in [0.717, 1.165) is 0 Å². The van der Waals surface area contributed by atoms with Gasteiger partial charge in [0.2, 0.25) is 0 Å². The first-order valence-electron chi connectivity index (χ1n) is 5.19. The normalized spacial score (nSPS) is 10.0. The molecule has 0 aliphatic rings. The standard InChI is InChI=1S/C11H15N3O4/c1-5-7(11(15)18-4)8(12)6(2)10(14(16)17)9(5)13-3/h13H,12H2,1-4H3. The number of anilines is 2. The van der Waals surface area contributed by atoms with Crippen LogP contribution in [0.15, 0.2) is 0 Å². The van der Waals surface area contributed by atoms with E-state index < -0.39 is 10.9 Å². The lowest BCUT2D eigenvalue weighted by Crippen LogP contribution is -2.13. The van der Waals surface area contributed by atoms with Gasteiger partial charge in [-0.15, -0.1) is 0 Å². The zero-order chi connectivity index (χ0) is 14.0. The Balaban J connectivity index is 3.76. The van der Waals surface area contributed by atoms with Gasteiger partial charge in [0.1, 0.15) is 5.69 Å². The molecule has 3 N–H and O–H groups in total. The predicted molar refractivity (Wildman–Crippen MR) is 67.9 cm³/mol. The minimum atomic E-state index is -0.612. The van der Waals surface area contributed by atoms with E-state index in [4.69, 9.17) is 5.73 Å². The third-order valence-corrected chi connectivity index (χ3v) is 2.84. The summed E-state index contributed by atoms with van der Waals surface area (Å²) < 4.78 is 4.64. The van der Waals surface area contributed by atoms with Crippen LogP contribution < -0.4 is 11.1 Å². The van der Waals surface area contributed by atoms with Gasteiger partial charge in [0.25, 0.3) is 5.69 Å². The molecule has 0 aliphatic carbocycles. The van der Waals surface area contributed by atoms with Gasteiger partial charge in [-0.05, 0) is 19.4 Å². The highest BCUT2D eigenvalue weighted by Gasteiger charge is 2.28. The van der Waals surface area contributed by atoms with Crippen LogP contribution >= 0.6 is 0 Å². The highest BCUT2D eigenvalue weighted by Crippen LogP contribution is 2.38. The van der Waals surface area contributed by atoms with Gasteiger partial charge in [0, 0.05) is 7.05 Å². The molecule has 0 aromatic heterocycles. The summed E-state index contributed by atoms with van der Waals surface area (Å²) in [6.07, 6.45) is 0. The first kappa shape index (κ1) is 13.8. The first-order chi connectivity index (χ1) is 8.36. The monoisotopic (exact) mass is 253 g/mol. The lowest BCUT2D eigenvalue weighted by molar-refractivity contribution is -0.384. The van der Waals surface area contributed by atoms with Gasteiger partial charge >= 0.3 is 5.97 Å². The Kier molecular flexibility index (Phi) is 3.75. The summed E-state index contributed by atoms with van der Waals surface area (Å²) in [7, 11) is 2.78. The number of hydrogen-bond acceptors (Lipinski definition) is 6. The fourth-order valence-corrected chi connectivity index (χ4v) is 1.91. The van der Waals surface area contributed by atoms with E-state index in [-0.39, 0.29) is 28.2 Å². The summed E-state index contributed by atoms with van der Waals surface area (Å²) >= 11 is 0. The summed E-state index contributed by atoms with van der Waals surface area (Å²) in [5.41, 5.74) is 6.81. The molecule has 0 bridgehead atoms. The molecule has 1 aromatic carbocycles. The van der Waals surface area contributed by atoms with Crippen molar-refractivity contribution in [1.29, 1.82) is 0 Å². The fraction of sp³-hybridized carbons (Fsp3) is 0.364. The molecule has 1 aromatic rings. The number of nitrogen functional groups attached to an aromatic ring is 1. The molecule has 18 heavy (non-hydrogen) atoms. The van der Waals surface area contributed by atoms with Gasteiger partial charge in [0.15, 0.2) is 0 Å². The number of rotatable bonds is 3. The van der Waals surface area contributed by atoms with Crippen molar-refractivity contribution in [2.24, 2.45) is 0 Å². The average molecular weight is 253 g/mol. The molecule has 0 radical (unpaired) electrons. The van der Waals surface area contributed by atoms with Crippen LogP contribution in [-0.4, -0.2) is 25.1 Å². The van der Waals surface area contributed by atoms with E-state index in [1.165, 1.54) is 14.0 Å². The van der Waals surface area contributed by atoms with Crippen LogP contribution in [-0.2, 0) is 4.74 Å². The molecule has 0 spiro atoms. The van der Waals surface area contributed by atoms with Gasteiger partial charge in [-0.3, -0.25) is 10.1 Å². The van der Waals surface area contributed by atoms with Crippen molar-refractivity contribution in [3.63, 3.8) is 0 Å². The number of nitrogens with zero attached hydrogens (tertiary/aromatic N) is 1. The van der Waals surface area contributed by atoms with Gasteiger partial charge in [0.05, 0.1) is 28.8 Å². The molecule has 0 atom stereocenters. The number of nitro groups is 1. The highest BCUT2D eigenvalue weighted by molar-refractivity contribution is 6.01. The molecular formula is C11H15N3O4. The van der Waals surface area contributed by atoms with Crippen LogP contribution in [0, 0.1) is 24.0 Å². The first-order valence-corrected chi connectivity index (χ1v) is 5.19. The van der Waals surface area contributed by atoms with Gasteiger partial charge < -0.3 is 15.8 Å². The largest absolute Gasteiger partial charge is 0.465 e. The number of nitrogens with two attached hydrogens (primary N) is 1. The zero-order valence-corrected chi connectivity index (χ0v) is 10.7. The minimum Gasteiger partial charge on any atom is -0.465 e. The Labute approximate surface area is 104 Å². The number of methoxy groups -OCH3 is 1. The molecular weight excluding hydrogens is 238 g/mol. The number of ether oxygens (including phenoxy) is 1. The average Bonchev–Trinajstić information content (AvgIpc) is 2.32. The second-order valence-electron chi connectivity index (χ2n) is 3.76. The van der Waals surface area contributed by atoms with Gasteiger partial charge in [-0.1, -0.05) is 0 Å². The van der Waals surface area contributed by atoms with Crippen molar-refractivity contribution in [1.82, 2.24) is 0 Å². The van der Waals surface area contributed by atoms with Crippen LogP contribution in [0.1, 0.15) is 21.5 Å². The van der Waals surface area contributed by atoms with E-state index in [1.807, 2.05) is 0 Å². The van der Waals surface area contributed by atoms with Crippen molar-refractivity contribution in [3.05, 3.63) is 26.8 Å². The smallest absolute Gasteiger partial charge is 0.340 e. The number of nitrogens with one attached hydrogen (secondary N) is 1. The Morgan fingerprint density at radius 3 is 2.33 bits per heavy atom. The lowest BCUT2D eigenvalue weighted by atomic mass is 9.98. The molecule has 0 aliphatic heterocycles. The van der Waals surface area contributed by atoms with Crippen molar-refractivity contribution >= 4 is 23.0 Å². The molecule has 0 amide bonds. The summed E-state index contributed by atoms with van der Waals surface area (Å²) in [5, 5.41) is 13.8. The number of esters is 1. The second-order valence-corrected chi connectivity index (χ2v) is 3.76. The lowest BCUT2D eigenvalue weighted by Gasteiger charge is -2.15. The van der Waals surface area contributed by atoms with E-state index in [9.17, 15) is 14.9 Å². The number of benzene rings is 1. The minimum absolute atomic E-state index is 0.0741. The van der Waals surface area contributed by atoms with Crippen molar-refractivity contribution in [2.45, 2.75) is 13.8 Å². The van der Waals surface area contributed by atoms with E-state index in [2.05, 4.69) is 10.1 Å². The van der Waals surface area contributed by atoms with Gasteiger partial charge in [-0.25, -0.2) is 4.79 Å². The van der Waals surface area contributed by atoms with Crippen molar-refractivity contribution < 1.29 is 14.5 Å². The molecule has 1 rings (SSSR count). The Morgan fingerprint density at radius 1 is 1.39 bits per heavy atom. The molecule has 7 heteroatoms. The molecule has 0 fully saturated rings. The maximum Gasteiger partial charge on any atom is 0.340 e. The van der Waals surface area contributed by atoms with Crippen LogP contribution in [0.5, 0.6) is 0 Å². The van der Waals surface area contributed by atoms with Crippen LogP contribution in [0.4, 0.5) is 17.1 Å². The Bertz CT molecular complexity index is 526. The maximum atomic E-state index is 11.7. The SMILES string of the molecule is CNc1c(C)c(C(=O)OC)c(N)c(C)c1[N+](=O)[O-]. The highest BCUT2D eigenvalue weighted by atomic mass is 16.6. The number of nitro benzene ring substituents is 1. The zero-order valence-electron chi connectivity index (χ0n) is 10.7. The van der Waals surface area contributed by atoms with Gasteiger partial charge in [-0.2, -0.15) is 0 Å². The number of hydrogen-bond donors (Lipinski definition) is 2. The second kappa shape index (κ2) is 4.91. The van der Waals surface area contributed by atoms with Crippen LogP contribution in [0.25, 0.3) is 0 Å². The molecule has 0 saturated carbocycles. The third-order valence-electron chi connectivity index (χ3n) is 2.84. The van der Waals surface area contributed by atoms with E-state index in [1.54, 1.807) is 14.0 Å². The topological polar surface area (TPSA) is 107 Å². The van der Waals surface area contributed by atoms with Crippen LogP contribution in [0.2, 0.25) is 0 Å². The molecule has 0 heterocycles. The third kappa shape index (κ3) is 1.94. The Morgan fingerprint density at radius 2 is 1.94 bits per heavy atom. The van der Waals surface area contributed by atoms with Crippen molar-refractivity contribution in [3.8, 4) is 0 Å². The summed E-state index contributed by atoms with van der Waals surface area (Å²) in [4.78, 5) is 22.2. The Hall–Kier alpha value is -2.31. The number of carbonyl (C=O) groups excluding carboxylic acids is 1. The molecule has 0 unspecified atom stereocenters. The predicted octanol–water partition coefficient (Wildman–Crippen LogP) is 1.62. The van der Waals surface area contributed by atoms with E-state index in [0.29, 0.717) is 5.56 Å². The quantitative estimate of drug-likeness (QED) is 0.367. The fourth-order valence-electron chi connectivity index (χ4n) is 1.91. The molecule has 0 saturated heterocycles. The van der Waals surface area contributed by atoms with E-state index >= 15 is 0 Å². The summed E-state index contributed by atoms with van der Waals surface area (Å²) in [5.74, 6) is -0.612. The molecule has 7 nitrogen and oxygen atoms in total. The number of carbonyl (C=O) groups is 1. The summed E-state index contributed by atoms with van der Waals surface area (Å²) in [6.45, 7) is 3.08. The summed E-state index contributed by atoms with van der Waals surface area (Å²) in [6, 6.07) is 0. The van der Waals surface area contributed by atoms with Crippen molar-refractivity contribution in [2.75, 3.05) is 25.2 Å². The molecule has 98 valence electrons. The van der Waals surface area contributed by atoms with Crippen LogP contribution in [0.3, 0.4) is 0 Å².